The van der Waals surface area contributed by atoms with Crippen molar-refractivity contribution >= 4 is 6.34 Å². The van der Waals surface area contributed by atoms with Crippen LogP contribution in [-0.2, 0) is 18.9 Å². The highest BCUT2D eigenvalue weighted by molar-refractivity contribution is 5.63. The second-order valence-corrected chi connectivity index (χ2v) is 12.3. The second kappa shape index (κ2) is 10.2. The van der Waals surface area contributed by atoms with Crippen LogP contribution in [0.25, 0.3) is 0 Å². The van der Waals surface area contributed by atoms with Gasteiger partial charge in [0.05, 0.1) is 29.0 Å². The highest BCUT2D eigenvalue weighted by Crippen LogP contribution is 2.56. The van der Waals surface area contributed by atoms with E-state index in [9.17, 15) is 26.3 Å². The van der Waals surface area contributed by atoms with Crippen molar-refractivity contribution in [1.29, 1.82) is 0 Å². The minimum absolute atomic E-state index is 0.0229. The van der Waals surface area contributed by atoms with Crippen molar-refractivity contribution in [3.8, 4) is 0 Å². The number of hydrogen-bond acceptors (Lipinski definition) is 1. The number of halogens is 6. The summed E-state index contributed by atoms with van der Waals surface area (Å²) in [5.74, 6) is 0.0430. The summed E-state index contributed by atoms with van der Waals surface area (Å²) < 4.78 is 84.6. The molecule has 2 nitrogen and oxygen atoms in total. The topological polar surface area (TPSA) is 6.25 Å². The van der Waals surface area contributed by atoms with E-state index in [1.807, 2.05) is 12.1 Å². The van der Waals surface area contributed by atoms with Crippen LogP contribution >= 0.6 is 0 Å². The fourth-order valence-electron chi connectivity index (χ4n) is 8.22. The summed E-state index contributed by atoms with van der Waals surface area (Å²) in [7, 11) is 0. The van der Waals surface area contributed by atoms with Crippen LogP contribution in [0.4, 0.5) is 26.3 Å². The van der Waals surface area contributed by atoms with Gasteiger partial charge in [-0.05, 0) is 71.7 Å². The number of nitrogens with zero attached hydrogens (tertiary/aromatic N) is 2. The predicted octanol–water partition coefficient (Wildman–Crippen LogP) is 8.72. The lowest BCUT2D eigenvalue weighted by atomic mass is 9.59. The molecule has 1 heterocycles. The Labute approximate surface area is 241 Å². The minimum atomic E-state index is -4.88. The number of benzene rings is 3. The van der Waals surface area contributed by atoms with Gasteiger partial charge in [-0.1, -0.05) is 67.8 Å². The molecule has 2 bridgehead atoms. The van der Waals surface area contributed by atoms with Crippen molar-refractivity contribution in [3.05, 3.63) is 106 Å². The first-order chi connectivity index (χ1) is 20.1. The van der Waals surface area contributed by atoms with E-state index in [1.54, 1.807) is 0 Å². The molecule has 3 aromatic rings. The highest BCUT2D eigenvalue weighted by atomic mass is 19.4. The summed E-state index contributed by atoms with van der Waals surface area (Å²) in [4.78, 5) is 2.46. The molecule has 5 aliphatic rings. The Kier molecular flexibility index (Phi) is 6.66. The molecule has 3 aromatic carbocycles. The Hall–Kier alpha value is -3.29. The predicted molar refractivity (Wildman–Crippen MR) is 149 cm³/mol. The first-order valence-electron chi connectivity index (χ1n) is 15.0. The van der Waals surface area contributed by atoms with E-state index in [4.69, 9.17) is 0 Å². The monoisotopic (exact) mass is 583 g/mol. The summed E-state index contributed by atoms with van der Waals surface area (Å²) in [6, 6.07) is 19.1. The van der Waals surface area contributed by atoms with Gasteiger partial charge in [0.15, 0.2) is 0 Å². The van der Waals surface area contributed by atoms with Gasteiger partial charge >= 0.3 is 12.4 Å². The van der Waals surface area contributed by atoms with Crippen molar-refractivity contribution < 1.29 is 30.9 Å². The maximum atomic E-state index is 13.8. The summed E-state index contributed by atoms with van der Waals surface area (Å²) in [6.07, 6.45) is 0.233. The van der Waals surface area contributed by atoms with Crippen LogP contribution in [0.5, 0.6) is 0 Å². The largest absolute Gasteiger partial charge is 0.416 e. The van der Waals surface area contributed by atoms with Gasteiger partial charge in [0.25, 0.3) is 0 Å². The Bertz CT molecular complexity index is 1440. The maximum Gasteiger partial charge on any atom is 0.416 e. The fraction of sp³-hybridized carbons (Fsp3) is 0.441. The zero-order chi connectivity index (χ0) is 29.2. The van der Waals surface area contributed by atoms with Crippen LogP contribution in [0.2, 0.25) is 0 Å². The maximum absolute atomic E-state index is 13.8. The quantitative estimate of drug-likeness (QED) is 0.221. The molecule has 0 aromatic heterocycles. The van der Waals surface area contributed by atoms with E-state index in [0.717, 1.165) is 37.8 Å². The van der Waals surface area contributed by atoms with Gasteiger partial charge in [0, 0.05) is 0 Å². The Morgan fingerprint density at radius 1 is 0.643 bits per heavy atom. The van der Waals surface area contributed by atoms with Crippen molar-refractivity contribution in [2.24, 2.45) is 0 Å². The van der Waals surface area contributed by atoms with Gasteiger partial charge in [0.1, 0.15) is 18.6 Å². The van der Waals surface area contributed by atoms with Gasteiger partial charge in [-0.3, -0.25) is 9.48 Å². The van der Waals surface area contributed by atoms with Gasteiger partial charge < -0.3 is 0 Å². The molecule has 42 heavy (non-hydrogen) atoms. The van der Waals surface area contributed by atoms with Crippen LogP contribution in [0.3, 0.4) is 0 Å². The van der Waals surface area contributed by atoms with Crippen molar-refractivity contribution in [2.75, 3.05) is 0 Å². The van der Waals surface area contributed by atoms with Crippen LogP contribution in [0.15, 0.2) is 66.7 Å². The molecule has 0 saturated heterocycles. The number of alkyl halides is 6. The van der Waals surface area contributed by atoms with Crippen LogP contribution in [0, 0.1) is 0 Å². The number of hydrogen-bond donors (Lipinski definition) is 0. The van der Waals surface area contributed by atoms with E-state index in [-0.39, 0.29) is 48.1 Å². The van der Waals surface area contributed by atoms with Crippen LogP contribution in [-0.4, -0.2) is 33.9 Å². The molecule has 220 valence electrons. The third-order valence-corrected chi connectivity index (χ3v) is 9.88. The van der Waals surface area contributed by atoms with Crippen LogP contribution < -0.4 is 0 Å². The highest BCUT2D eigenvalue weighted by Gasteiger charge is 2.60. The van der Waals surface area contributed by atoms with Gasteiger partial charge in [-0.15, -0.1) is 0 Å². The molecule has 8 rings (SSSR count). The molecule has 0 amide bonds. The first-order valence-corrected chi connectivity index (χ1v) is 15.0. The van der Waals surface area contributed by atoms with E-state index >= 15 is 0 Å². The fourth-order valence-corrected chi connectivity index (χ4v) is 8.22. The lowest BCUT2D eigenvalue weighted by molar-refractivity contribution is -0.575. The van der Waals surface area contributed by atoms with Gasteiger partial charge in [-0.25, -0.2) is 0 Å². The summed E-state index contributed by atoms with van der Waals surface area (Å²) in [5.41, 5.74) is 2.48. The van der Waals surface area contributed by atoms with Crippen molar-refractivity contribution in [3.63, 3.8) is 0 Å². The number of rotatable bonds is 3. The summed E-state index contributed by atoms with van der Waals surface area (Å²) in [5, 5.41) is 0. The van der Waals surface area contributed by atoms with Gasteiger partial charge in [-0.2, -0.15) is 26.3 Å². The molecule has 1 fully saturated rings. The molecule has 2 atom stereocenters. The van der Waals surface area contributed by atoms with E-state index in [0.29, 0.717) is 0 Å². The molecule has 4 aliphatic carbocycles. The zero-order valence-corrected chi connectivity index (χ0v) is 23.1. The summed E-state index contributed by atoms with van der Waals surface area (Å²) in [6.45, 7) is -0.0229. The lowest BCUT2D eigenvalue weighted by Crippen LogP contribution is -2.55. The molecule has 1 saturated carbocycles. The van der Waals surface area contributed by atoms with Gasteiger partial charge in [0.2, 0.25) is 6.34 Å². The van der Waals surface area contributed by atoms with E-state index < -0.39 is 23.5 Å². The molecule has 0 N–H and O–H groups in total. The molecule has 0 spiro atoms. The van der Waals surface area contributed by atoms with Crippen LogP contribution in [0.1, 0.15) is 95.7 Å². The minimum Gasteiger partial charge on any atom is -0.258 e. The molecule has 0 radical (unpaired) electrons. The van der Waals surface area contributed by atoms with E-state index in [1.165, 1.54) is 41.5 Å². The van der Waals surface area contributed by atoms with Crippen molar-refractivity contribution in [1.82, 2.24) is 4.90 Å². The smallest absolute Gasteiger partial charge is 0.258 e. The molecule has 1 aliphatic heterocycles. The SMILES string of the molecule is FC(F)(F)c1cc(C[N+]2=CN(C3CCCCCCC3)[C@@H]3C4c5ccccc5C(c5ccccc54)[C@@H]32)cc(C(F)(F)F)c1. The average molecular weight is 584 g/mol. The molecular weight excluding hydrogens is 550 g/mol. The summed E-state index contributed by atoms with van der Waals surface area (Å²) >= 11 is 0. The zero-order valence-electron chi connectivity index (χ0n) is 23.1. The average Bonchev–Trinajstić information content (AvgIpc) is 3.31. The Morgan fingerprint density at radius 2 is 1.12 bits per heavy atom. The van der Waals surface area contributed by atoms with Crippen molar-refractivity contribution in [2.45, 2.75) is 93.8 Å². The molecule has 8 heteroatoms. The third-order valence-electron chi connectivity index (χ3n) is 9.88. The molecule has 0 unspecified atom stereocenters. The normalized spacial score (nSPS) is 25.8. The first kappa shape index (κ1) is 27.5. The standard InChI is InChI=1S/C34H33F6N2/c35-33(36,37)22-16-21(17-23(18-22)34(38,39)40)19-41-20-42(24-10-4-2-1-3-5-11-24)32-30-27-14-8-6-12-25(27)29(31(32)41)26-13-7-9-15-28(26)30/h6-9,12-18,20,24,29-32H,1-5,10-11,19H2/q+1/t29?,30?,31-,32+/m0/s1. The third kappa shape index (κ3) is 4.62. The second-order valence-electron chi connectivity index (χ2n) is 12.3. The Balaban J connectivity index is 1.36. The Morgan fingerprint density at radius 3 is 1.62 bits per heavy atom. The molecular formula is C34H33F6N2+. The lowest BCUT2D eigenvalue weighted by Gasteiger charge is -2.48. The van der Waals surface area contributed by atoms with E-state index in [2.05, 4.69) is 52.2 Å².